The highest BCUT2D eigenvalue weighted by molar-refractivity contribution is 5.86. The number of ether oxygens (including phenoxy) is 2. The van der Waals surface area contributed by atoms with E-state index in [9.17, 15) is 9.90 Å². The van der Waals surface area contributed by atoms with Crippen molar-refractivity contribution >= 4 is 16.8 Å². The minimum atomic E-state index is -0.550. The fraction of sp³-hybridized carbons (Fsp3) is 0.304. The van der Waals surface area contributed by atoms with Crippen molar-refractivity contribution in [2.45, 2.75) is 32.2 Å². The zero-order valence-corrected chi connectivity index (χ0v) is 16.9. The smallest absolute Gasteiger partial charge is 0.220 e. The lowest BCUT2D eigenvalue weighted by Crippen LogP contribution is -2.29. The number of phenolic OH excluding ortho intramolecular Hbond substituents is 1. The van der Waals surface area contributed by atoms with E-state index in [4.69, 9.17) is 9.47 Å². The van der Waals surface area contributed by atoms with Crippen molar-refractivity contribution < 1.29 is 19.4 Å². The molecule has 3 aromatic rings. The fourth-order valence-corrected chi connectivity index (χ4v) is 3.32. The Balaban J connectivity index is 2.09. The van der Waals surface area contributed by atoms with E-state index in [2.05, 4.69) is 10.3 Å². The number of nitrogens with one attached hydrogen (secondary N) is 1. The molecule has 3 rings (SSSR count). The molecule has 1 amide bonds. The third kappa shape index (κ3) is 4.42. The summed E-state index contributed by atoms with van der Waals surface area (Å²) in [6.07, 6.45) is 3.79. The normalized spacial score (nSPS) is 11.8. The Hall–Kier alpha value is -3.28. The topological polar surface area (TPSA) is 80.7 Å². The third-order valence-corrected chi connectivity index (χ3v) is 4.89. The van der Waals surface area contributed by atoms with Gasteiger partial charge in [0.15, 0.2) is 11.5 Å². The van der Waals surface area contributed by atoms with Gasteiger partial charge in [0.25, 0.3) is 0 Å². The van der Waals surface area contributed by atoms with Crippen LogP contribution < -0.4 is 14.8 Å². The lowest BCUT2D eigenvalue weighted by molar-refractivity contribution is -0.121. The number of fused-ring (bicyclic) bond motifs is 1. The summed E-state index contributed by atoms with van der Waals surface area (Å²) < 4.78 is 10.7. The van der Waals surface area contributed by atoms with Gasteiger partial charge in [0.05, 0.1) is 20.3 Å². The third-order valence-electron chi connectivity index (χ3n) is 4.89. The Kier molecular flexibility index (Phi) is 6.54. The molecule has 0 spiro atoms. The highest BCUT2D eigenvalue weighted by Gasteiger charge is 2.23. The molecule has 0 aliphatic heterocycles. The summed E-state index contributed by atoms with van der Waals surface area (Å²) in [6.45, 7) is 2.04. The molecule has 6 heteroatoms. The van der Waals surface area contributed by atoms with Crippen LogP contribution in [0.5, 0.6) is 17.2 Å². The van der Waals surface area contributed by atoms with Crippen molar-refractivity contribution in [2.75, 3.05) is 14.2 Å². The molecule has 1 unspecified atom stereocenters. The maximum Gasteiger partial charge on any atom is 0.220 e. The molecule has 0 aliphatic carbocycles. The van der Waals surface area contributed by atoms with Crippen LogP contribution in [0.25, 0.3) is 10.9 Å². The van der Waals surface area contributed by atoms with Crippen molar-refractivity contribution in [1.29, 1.82) is 0 Å². The first-order valence-electron chi connectivity index (χ1n) is 9.67. The minimum absolute atomic E-state index is 0.0543. The maximum atomic E-state index is 12.5. The Labute approximate surface area is 170 Å². The van der Waals surface area contributed by atoms with E-state index < -0.39 is 6.04 Å². The molecule has 2 aromatic carbocycles. The van der Waals surface area contributed by atoms with Crippen LogP contribution in [0, 0.1) is 0 Å². The SMILES string of the molecule is CCCCC(=O)NC(c1ccc(OC)c(OC)c1)c1ccc2cccnc2c1O. The van der Waals surface area contributed by atoms with Gasteiger partial charge in [-0.05, 0) is 30.2 Å². The number of hydrogen-bond acceptors (Lipinski definition) is 5. The zero-order chi connectivity index (χ0) is 20.8. The van der Waals surface area contributed by atoms with E-state index in [1.807, 2.05) is 43.3 Å². The van der Waals surface area contributed by atoms with Gasteiger partial charge in [-0.1, -0.05) is 37.6 Å². The van der Waals surface area contributed by atoms with Crippen LogP contribution in [0.1, 0.15) is 43.4 Å². The van der Waals surface area contributed by atoms with Gasteiger partial charge >= 0.3 is 0 Å². The molecule has 0 bridgehead atoms. The molecule has 2 N–H and O–H groups in total. The fourth-order valence-electron chi connectivity index (χ4n) is 3.32. The van der Waals surface area contributed by atoms with Gasteiger partial charge in [-0.2, -0.15) is 0 Å². The van der Waals surface area contributed by atoms with E-state index in [0.29, 0.717) is 29.0 Å². The molecule has 0 radical (unpaired) electrons. The summed E-state index contributed by atoms with van der Waals surface area (Å²) in [7, 11) is 3.14. The largest absolute Gasteiger partial charge is 0.505 e. The van der Waals surface area contributed by atoms with E-state index in [1.54, 1.807) is 26.5 Å². The molecule has 1 aromatic heterocycles. The highest BCUT2D eigenvalue weighted by Crippen LogP contribution is 2.37. The van der Waals surface area contributed by atoms with Gasteiger partial charge in [-0.25, -0.2) is 0 Å². The van der Waals surface area contributed by atoms with E-state index in [-0.39, 0.29) is 11.7 Å². The lowest BCUT2D eigenvalue weighted by Gasteiger charge is -2.22. The van der Waals surface area contributed by atoms with Gasteiger partial charge in [-0.3, -0.25) is 9.78 Å². The number of carbonyl (C=O) groups excluding carboxylic acids is 1. The van der Waals surface area contributed by atoms with Crippen molar-refractivity contribution in [2.24, 2.45) is 0 Å². The summed E-state index contributed by atoms with van der Waals surface area (Å²) in [5.74, 6) is 1.12. The quantitative estimate of drug-likeness (QED) is 0.594. The summed E-state index contributed by atoms with van der Waals surface area (Å²) in [4.78, 5) is 16.8. The molecular formula is C23H26N2O4. The minimum Gasteiger partial charge on any atom is -0.505 e. The summed E-state index contributed by atoms with van der Waals surface area (Å²) in [6, 6.07) is 12.3. The second-order valence-corrected chi connectivity index (χ2v) is 6.80. The van der Waals surface area contributed by atoms with Crippen molar-refractivity contribution in [3.63, 3.8) is 0 Å². The Bertz CT molecular complexity index is 1000. The number of rotatable bonds is 8. The van der Waals surface area contributed by atoms with Gasteiger partial charge in [0.1, 0.15) is 11.3 Å². The first kappa shape index (κ1) is 20.5. The average Bonchev–Trinajstić information content (AvgIpc) is 2.76. The summed E-state index contributed by atoms with van der Waals surface area (Å²) in [5.41, 5.74) is 1.85. The molecule has 6 nitrogen and oxygen atoms in total. The molecule has 0 saturated carbocycles. The van der Waals surface area contributed by atoms with Gasteiger partial charge < -0.3 is 19.9 Å². The monoisotopic (exact) mass is 394 g/mol. The van der Waals surface area contributed by atoms with E-state index >= 15 is 0 Å². The molecule has 0 saturated heterocycles. The average molecular weight is 394 g/mol. The van der Waals surface area contributed by atoms with Crippen LogP contribution >= 0.6 is 0 Å². The number of unbranched alkanes of at least 4 members (excludes halogenated alkanes) is 1. The molecule has 152 valence electrons. The van der Waals surface area contributed by atoms with Crippen LogP contribution in [-0.4, -0.2) is 30.2 Å². The highest BCUT2D eigenvalue weighted by atomic mass is 16.5. The molecule has 1 atom stereocenters. The predicted octanol–water partition coefficient (Wildman–Crippen LogP) is 4.35. The second-order valence-electron chi connectivity index (χ2n) is 6.80. The van der Waals surface area contributed by atoms with E-state index in [0.717, 1.165) is 23.8 Å². The molecular weight excluding hydrogens is 368 g/mol. The lowest BCUT2D eigenvalue weighted by atomic mass is 9.95. The number of pyridine rings is 1. The number of phenols is 1. The summed E-state index contributed by atoms with van der Waals surface area (Å²) >= 11 is 0. The number of methoxy groups -OCH3 is 2. The van der Waals surface area contributed by atoms with Crippen LogP contribution in [0.3, 0.4) is 0 Å². The number of aromatic nitrogens is 1. The number of nitrogens with zero attached hydrogens (tertiary/aromatic N) is 1. The van der Waals surface area contributed by atoms with Crippen molar-refractivity contribution in [3.8, 4) is 17.2 Å². The Morgan fingerprint density at radius 2 is 1.93 bits per heavy atom. The number of aromatic hydroxyl groups is 1. The van der Waals surface area contributed by atoms with Gasteiger partial charge in [0.2, 0.25) is 5.91 Å². The van der Waals surface area contributed by atoms with Crippen LogP contribution in [0.4, 0.5) is 0 Å². The molecule has 1 heterocycles. The molecule has 0 fully saturated rings. The number of carbonyl (C=O) groups is 1. The first-order chi connectivity index (χ1) is 14.1. The van der Waals surface area contributed by atoms with Crippen LogP contribution in [-0.2, 0) is 4.79 Å². The zero-order valence-electron chi connectivity index (χ0n) is 16.9. The Morgan fingerprint density at radius 1 is 1.14 bits per heavy atom. The van der Waals surface area contributed by atoms with Gasteiger partial charge in [0, 0.05) is 23.6 Å². The molecule has 29 heavy (non-hydrogen) atoms. The maximum absolute atomic E-state index is 12.5. The van der Waals surface area contributed by atoms with Crippen LogP contribution in [0.2, 0.25) is 0 Å². The summed E-state index contributed by atoms with van der Waals surface area (Å²) in [5, 5.41) is 14.8. The Morgan fingerprint density at radius 3 is 2.66 bits per heavy atom. The van der Waals surface area contributed by atoms with Crippen molar-refractivity contribution in [1.82, 2.24) is 10.3 Å². The number of hydrogen-bond donors (Lipinski definition) is 2. The number of benzene rings is 2. The standard InChI is InChI=1S/C23H26N2O4/c1-4-5-8-20(26)25-21(16-10-12-18(28-2)19(14-16)29-3)17-11-9-15-7-6-13-24-22(15)23(17)27/h6-7,9-14,21,27H,4-5,8H2,1-3H3,(H,25,26). The van der Waals surface area contributed by atoms with Crippen LogP contribution in [0.15, 0.2) is 48.7 Å². The van der Waals surface area contributed by atoms with Crippen molar-refractivity contribution in [3.05, 3.63) is 59.8 Å². The van der Waals surface area contributed by atoms with E-state index in [1.165, 1.54) is 0 Å². The number of amides is 1. The second kappa shape index (κ2) is 9.28. The van der Waals surface area contributed by atoms with Gasteiger partial charge in [-0.15, -0.1) is 0 Å². The predicted molar refractivity (Wildman–Crippen MR) is 112 cm³/mol. The molecule has 0 aliphatic rings. The first-order valence-corrected chi connectivity index (χ1v) is 9.67.